The summed E-state index contributed by atoms with van der Waals surface area (Å²) in [6, 6.07) is 5.30. The summed E-state index contributed by atoms with van der Waals surface area (Å²) in [5, 5.41) is 8.83. The van der Waals surface area contributed by atoms with Crippen molar-refractivity contribution in [3.8, 4) is 0 Å². The molecule has 18 heavy (non-hydrogen) atoms. The molecule has 3 nitrogen and oxygen atoms in total. The van der Waals surface area contributed by atoms with Gasteiger partial charge in [-0.25, -0.2) is 4.39 Å². The van der Waals surface area contributed by atoms with Crippen LogP contribution < -0.4 is 0 Å². The Kier molecular flexibility index (Phi) is 3.92. The Bertz CT molecular complexity index is 460. The second kappa shape index (κ2) is 5.28. The average Bonchev–Trinajstić information content (AvgIpc) is 2.26. The van der Waals surface area contributed by atoms with Crippen LogP contribution >= 0.6 is 11.8 Å². The SMILES string of the molecule is CSc1ccc(C(C)N2CC(C(=O)O)C2)cc1F. The van der Waals surface area contributed by atoms with Gasteiger partial charge in [0.2, 0.25) is 0 Å². The summed E-state index contributed by atoms with van der Waals surface area (Å²) in [6.45, 7) is 3.07. The molecule has 1 aliphatic heterocycles. The quantitative estimate of drug-likeness (QED) is 0.853. The molecular weight excluding hydrogens is 253 g/mol. The molecule has 0 saturated carbocycles. The third-order valence-corrected chi connectivity index (χ3v) is 4.24. The second-order valence-electron chi connectivity index (χ2n) is 4.56. The van der Waals surface area contributed by atoms with Crippen molar-refractivity contribution in [2.24, 2.45) is 5.92 Å². The lowest BCUT2D eigenvalue weighted by Crippen LogP contribution is -2.51. The molecule has 1 heterocycles. The van der Waals surface area contributed by atoms with Crippen molar-refractivity contribution in [1.29, 1.82) is 0 Å². The Morgan fingerprint density at radius 2 is 2.22 bits per heavy atom. The van der Waals surface area contributed by atoms with E-state index in [9.17, 15) is 9.18 Å². The van der Waals surface area contributed by atoms with Crippen LogP contribution in [-0.2, 0) is 4.79 Å². The van der Waals surface area contributed by atoms with E-state index < -0.39 is 5.97 Å². The number of halogens is 1. The molecule has 2 rings (SSSR count). The summed E-state index contributed by atoms with van der Waals surface area (Å²) < 4.78 is 13.7. The zero-order chi connectivity index (χ0) is 13.3. The minimum atomic E-state index is -0.748. The smallest absolute Gasteiger partial charge is 0.309 e. The van der Waals surface area contributed by atoms with Gasteiger partial charge in [-0.05, 0) is 30.9 Å². The van der Waals surface area contributed by atoms with Crippen molar-refractivity contribution in [3.05, 3.63) is 29.6 Å². The van der Waals surface area contributed by atoms with E-state index in [1.165, 1.54) is 11.8 Å². The summed E-state index contributed by atoms with van der Waals surface area (Å²) in [6.07, 6.45) is 1.84. The lowest BCUT2D eigenvalue weighted by Gasteiger charge is -2.41. The number of carbonyl (C=O) groups is 1. The normalized spacial score (nSPS) is 18.4. The topological polar surface area (TPSA) is 40.5 Å². The molecule has 0 spiro atoms. The van der Waals surface area contributed by atoms with Gasteiger partial charge in [0, 0.05) is 24.0 Å². The van der Waals surface area contributed by atoms with Gasteiger partial charge < -0.3 is 5.11 Å². The maximum absolute atomic E-state index is 13.7. The fourth-order valence-corrected chi connectivity index (χ4v) is 2.60. The van der Waals surface area contributed by atoms with E-state index in [4.69, 9.17) is 5.11 Å². The first-order chi connectivity index (χ1) is 8.52. The van der Waals surface area contributed by atoms with E-state index >= 15 is 0 Å². The molecule has 1 aliphatic rings. The Morgan fingerprint density at radius 3 is 2.72 bits per heavy atom. The van der Waals surface area contributed by atoms with E-state index in [2.05, 4.69) is 0 Å². The largest absolute Gasteiger partial charge is 0.481 e. The molecule has 5 heteroatoms. The first-order valence-corrected chi connectivity index (χ1v) is 7.05. The number of likely N-dealkylation sites (tertiary alicyclic amines) is 1. The maximum Gasteiger partial charge on any atom is 0.309 e. The summed E-state index contributed by atoms with van der Waals surface area (Å²) in [5.41, 5.74) is 0.897. The third-order valence-electron chi connectivity index (χ3n) is 3.47. The maximum atomic E-state index is 13.7. The van der Waals surface area contributed by atoms with E-state index in [0.29, 0.717) is 18.0 Å². The van der Waals surface area contributed by atoms with Crippen LogP contribution in [-0.4, -0.2) is 35.3 Å². The number of aliphatic carboxylic acids is 1. The molecule has 1 atom stereocenters. The van der Waals surface area contributed by atoms with Crippen molar-refractivity contribution in [2.45, 2.75) is 17.9 Å². The third kappa shape index (κ3) is 2.52. The zero-order valence-corrected chi connectivity index (χ0v) is 11.2. The average molecular weight is 269 g/mol. The molecule has 98 valence electrons. The minimum Gasteiger partial charge on any atom is -0.481 e. The highest BCUT2D eigenvalue weighted by Crippen LogP contribution is 2.30. The predicted octanol–water partition coefficient (Wildman–Crippen LogP) is 2.63. The number of benzene rings is 1. The molecule has 1 aromatic carbocycles. The lowest BCUT2D eigenvalue weighted by molar-refractivity contribution is -0.148. The number of nitrogens with zero attached hydrogens (tertiary/aromatic N) is 1. The van der Waals surface area contributed by atoms with Crippen LogP contribution in [0.2, 0.25) is 0 Å². The Balaban J connectivity index is 2.04. The van der Waals surface area contributed by atoms with Crippen LogP contribution in [0.25, 0.3) is 0 Å². The molecule has 1 saturated heterocycles. The minimum absolute atomic E-state index is 0.0611. The molecule has 1 aromatic rings. The van der Waals surface area contributed by atoms with Gasteiger partial charge in [0.25, 0.3) is 0 Å². The number of thioether (sulfide) groups is 1. The second-order valence-corrected chi connectivity index (χ2v) is 5.41. The van der Waals surface area contributed by atoms with E-state index in [1.807, 2.05) is 24.1 Å². The number of carboxylic acid groups (broad SMARTS) is 1. The number of carboxylic acids is 1. The highest BCUT2D eigenvalue weighted by atomic mass is 32.2. The van der Waals surface area contributed by atoms with Gasteiger partial charge in [0.05, 0.1) is 5.92 Å². The summed E-state index contributed by atoms with van der Waals surface area (Å²) >= 11 is 1.38. The Morgan fingerprint density at radius 1 is 1.56 bits per heavy atom. The predicted molar refractivity (Wildman–Crippen MR) is 69.3 cm³/mol. The molecule has 1 fully saturated rings. The van der Waals surface area contributed by atoms with Crippen LogP contribution in [0.15, 0.2) is 23.1 Å². The first-order valence-electron chi connectivity index (χ1n) is 5.83. The Hall–Kier alpha value is -1.07. The van der Waals surface area contributed by atoms with Crippen LogP contribution in [0.1, 0.15) is 18.5 Å². The summed E-state index contributed by atoms with van der Waals surface area (Å²) in [5.74, 6) is -1.23. The molecule has 0 bridgehead atoms. The van der Waals surface area contributed by atoms with Gasteiger partial charge >= 0.3 is 5.97 Å². The summed E-state index contributed by atoms with van der Waals surface area (Å²) in [7, 11) is 0. The van der Waals surface area contributed by atoms with Gasteiger partial charge in [-0.3, -0.25) is 9.69 Å². The molecule has 0 radical (unpaired) electrons. The van der Waals surface area contributed by atoms with Crippen molar-refractivity contribution >= 4 is 17.7 Å². The van der Waals surface area contributed by atoms with Crippen molar-refractivity contribution in [3.63, 3.8) is 0 Å². The van der Waals surface area contributed by atoms with Crippen LogP contribution in [0.3, 0.4) is 0 Å². The number of rotatable bonds is 4. The van der Waals surface area contributed by atoms with E-state index in [0.717, 1.165) is 5.56 Å². The summed E-state index contributed by atoms with van der Waals surface area (Å²) in [4.78, 5) is 13.4. The van der Waals surface area contributed by atoms with Gasteiger partial charge in [0.1, 0.15) is 5.82 Å². The fourth-order valence-electron chi connectivity index (χ4n) is 2.14. The van der Waals surface area contributed by atoms with Gasteiger partial charge in [-0.1, -0.05) is 6.07 Å². The van der Waals surface area contributed by atoms with Gasteiger partial charge in [-0.15, -0.1) is 11.8 Å². The van der Waals surface area contributed by atoms with Gasteiger partial charge in [0.15, 0.2) is 0 Å². The number of hydrogen-bond donors (Lipinski definition) is 1. The van der Waals surface area contributed by atoms with Crippen LogP contribution in [0.5, 0.6) is 0 Å². The molecule has 0 amide bonds. The molecule has 1 unspecified atom stereocenters. The molecular formula is C13H16FNO2S. The van der Waals surface area contributed by atoms with Crippen molar-refractivity contribution in [1.82, 2.24) is 4.90 Å². The zero-order valence-electron chi connectivity index (χ0n) is 10.4. The van der Waals surface area contributed by atoms with Crippen molar-refractivity contribution < 1.29 is 14.3 Å². The Labute approximate surface area is 110 Å². The van der Waals surface area contributed by atoms with Crippen molar-refractivity contribution in [2.75, 3.05) is 19.3 Å². The van der Waals surface area contributed by atoms with Crippen LogP contribution in [0, 0.1) is 11.7 Å². The number of hydrogen-bond acceptors (Lipinski definition) is 3. The monoisotopic (exact) mass is 269 g/mol. The molecule has 0 aromatic heterocycles. The first kappa shape index (κ1) is 13.4. The standard InChI is InChI=1S/C13H16FNO2S/c1-8(15-6-10(7-15)13(16)17)9-3-4-12(18-2)11(14)5-9/h3-5,8,10H,6-7H2,1-2H3,(H,16,17). The molecule has 0 aliphatic carbocycles. The highest BCUT2D eigenvalue weighted by molar-refractivity contribution is 7.98. The highest BCUT2D eigenvalue weighted by Gasteiger charge is 2.35. The van der Waals surface area contributed by atoms with Crippen LogP contribution in [0.4, 0.5) is 4.39 Å². The fraction of sp³-hybridized carbons (Fsp3) is 0.462. The van der Waals surface area contributed by atoms with Gasteiger partial charge in [-0.2, -0.15) is 0 Å². The lowest BCUT2D eigenvalue weighted by atomic mass is 9.95. The molecule has 1 N–H and O–H groups in total. The van der Waals surface area contributed by atoms with E-state index in [1.54, 1.807) is 12.1 Å². The van der Waals surface area contributed by atoms with E-state index in [-0.39, 0.29) is 17.8 Å².